The second-order valence-corrected chi connectivity index (χ2v) is 5.79. The van der Waals surface area contributed by atoms with E-state index in [1.807, 2.05) is 61.7 Å². The predicted molar refractivity (Wildman–Crippen MR) is 88.7 cm³/mol. The number of hydrogen-bond donors (Lipinski definition) is 0. The van der Waals surface area contributed by atoms with Crippen molar-refractivity contribution in [3.8, 4) is 0 Å². The summed E-state index contributed by atoms with van der Waals surface area (Å²) in [5.41, 5.74) is 1.92. The molecule has 2 nitrogen and oxygen atoms in total. The molecule has 0 radical (unpaired) electrons. The van der Waals surface area contributed by atoms with Gasteiger partial charge in [-0.05, 0) is 24.3 Å². The molecule has 0 saturated heterocycles. The van der Waals surface area contributed by atoms with Crippen LogP contribution in [-0.4, -0.2) is 12.8 Å². The number of thioether (sulfide) groups is 1. The van der Waals surface area contributed by atoms with Gasteiger partial charge in [-0.1, -0.05) is 60.3 Å². The predicted octanol–water partition coefficient (Wildman–Crippen LogP) is 4.51. The Morgan fingerprint density at radius 3 is 2.52 bits per heavy atom. The average molecular weight is 293 g/mol. The van der Waals surface area contributed by atoms with Crippen molar-refractivity contribution in [3.63, 3.8) is 0 Å². The summed E-state index contributed by atoms with van der Waals surface area (Å²) in [7, 11) is 2.04. The summed E-state index contributed by atoms with van der Waals surface area (Å²) in [4.78, 5) is 15.4. The molecule has 0 atom stereocenters. The number of allylic oxidation sites excluding steroid dienone is 3. The lowest BCUT2D eigenvalue weighted by Crippen LogP contribution is -2.08. The SMILES string of the molecule is CN1/C(=C/C=C/C(=O)c2ccccc2)Sc2ccccc21. The smallest absolute Gasteiger partial charge is 0.185 e. The number of para-hydroxylation sites is 1. The van der Waals surface area contributed by atoms with Gasteiger partial charge in [0, 0.05) is 17.5 Å². The number of nitrogens with zero attached hydrogens (tertiary/aromatic N) is 1. The molecule has 0 aromatic heterocycles. The molecule has 1 aliphatic heterocycles. The molecule has 0 amide bonds. The van der Waals surface area contributed by atoms with E-state index in [9.17, 15) is 4.79 Å². The minimum Gasteiger partial charge on any atom is -0.338 e. The number of ketones is 1. The lowest BCUT2D eigenvalue weighted by atomic mass is 10.1. The molecule has 0 spiro atoms. The maximum atomic E-state index is 12.0. The topological polar surface area (TPSA) is 20.3 Å². The maximum absolute atomic E-state index is 12.0. The molecule has 0 aliphatic carbocycles. The Kier molecular flexibility index (Phi) is 3.93. The zero-order chi connectivity index (χ0) is 14.7. The molecule has 3 rings (SSSR count). The molecule has 2 aromatic carbocycles. The Hall–Kier alpha value is -2.26. The molecule has 0 fully saturated rings. The van der Waals surface area contributed by atoms with Gasteiger partial charge in [0.15, 0.2) is 5.78 Å². The third-order valence-corrected chi connectivity index (χ3v) is 4.50. The van der Waals surface area contributed by atoms with E-state index in [4.69, 9.17) is 0 Å². The quantitative estimate of drug-likeness (QED) is 0.613. The Morgan fingerprint density at radius 2 is 1.76 bits per heavy atom. The first-order valence-electron chi connectivity index (χ1n) is 6.74. The molecule has 0 N–H and O–H groups in total. The van der Waals surface area contributed by atoms with Gasteiger partial charge in [-0.3, -0.25) is 4.79 Å². The molecule has 0 unspecified atom stereocenters. The summed E-state index contributed by atoms with van der Waals surface area (Å²) >= 11 is 1.72. The second-order valence-electron chi connectivity index (χ2n) is 4.72. The van der Waals surface area contributed by atoms with Crippen molar-refractivity contribution >= 4 is 23.2 Å². The van der Waals surface area contributed by atoms with E-state index in [0.29, 0.717) is 5.56 Å². The summed E-state index contributed by atoms with van der Waals surface area (Å²) in [6.45, 7) is 0. The number of fused-ring (bicyclic) bond motifs is 1. The lowest BCUT2D eigenvalue weighted by Gasteiger charge is -2.12. The first kappa shape index (κ1) is 13.7. The van der Waals surface area contributed by atoms with Crippen LogP contribution < -0.4 is 4.90 Å². The van der Waals surface area contributed by atoms with Crippen LogP contribution in [0.3, 0.4) is 0 Å². The van der Waals surface area contributed by atoms with Crippen molar-refractivity contribution in [3.05, 3.63) is 83.4 Å². The summed E-state index contributed by atoms with van der Waals surface area (Å²) in [5.74, 6) is 0.0237. The van der Waals surface area contributed by atoms with Crippen LogP contribution in [0.5, 0.6) is 0 Å². The normalized spacial score (nSPS) is 15.7. The minimum absolute atomic E-state index is 0.0237. The number of hydrogen-bond acceptors (Lipinski definition) is 3. The summed E-state index contributed by atoms with van der Waals surface area (Å²) < 4.78 is 0. The van der Waals surface area contributed by atoms with Crippen LogP contribution >= 0.6 is 11.8 Å². The van der Waals surface area contributed by atoms with Crippen LogP contribution in [0.4, 0.5) is 5.69 Å². The highest BCUT2D eigenvalue weighted by Crippen LogP contribution is 2.44. The first-order valence-corrected chi connectivity index (χ1v) is 7.56. The fourth-order valence-corrected chi connectivity index (χ4v) is 3.25. The zero-order valence-corrected chi connectivity index (χ0v) is 12.5. The number of carbonyl (C=O) groups is 1. The van der Waals surface area contributed by atoms with Crippen molar-refractivity contribution in [1.82, 2.24) is 0 Å². The molecular weight excluding hydrogens is 278 g/mol. The highest BCUT2D eigenvalue weighted by molar-refractivity contribution is 8.03. The Labute approximate surface area is 128 Å². The van der Waals surface area contributed by atoms with E-state index in [1.165, 1.54) is 10.6 Å². The van der Waals surface area contributed by atoms with Crippen molar-refractivity contribution in [2.75, 3.05) is 11.9 Å². The molecule has 2 aromatic rings. The van der Waals surface area contributed by atoms with Crippen LogP contribution in [0.2, 0.25) is 0 Å². The van der Waals surface area contributed by atoms with Gasteiger partial charge in [-0.2, -0.15) is 0 Å². The fraction of sp³-hybridized carbons (Fsp3) is 0.0556. The number of rotatable bonds is 3. The van der Waals surface area contributed by atoms with Crippen LogP contribution in [0.1, 0.15) is 10.4 Å². The maximum Gasteiger partial charge on any atom is 0.185 e. The largest absolute Gasteiger partial charge is 0.338 e. The molecule has 3 heteroatoms. The van der Waals surface area contributed by atoms with Crippen LogP contribution in [0, 0.1) is 0 Å². The first-order chi connectivity index (χ1) is 10.3. The van der Waals surface area contributed by atoms with Crippen molar-refractivity contribution in [1.29, 1.82) is 0 Å². The van der Waals surface area contributed by atoms with Crippen molar-refractivity contribution < 1.29 is 4.79 Å². The van der Waals surface area contributed by atoms with Crippen molar-refractivity contribution in [2.24, 2.45) is 0 Å². The van der Waals surface area contributed by atoms with Gasteiger partial charge in [0.2, 0.25) is 0 Å². The molecule has 1 aliphatic rings. The van der Waals surface area contributed by atoms with Gasteiger partial charge < -0.3 is 4.90 Å². The van der Waals surface area contributed by atoms with E-state index in [1.54, 1.807) is 17.8 Å². The van der Waals surface area contributed by atoms with Gasteiger partial charge in [0.25, 0.3) is 0 Å². The summed E-state index contributed by atoms with van der Waals surface area (Å²) in [6.07, 6.45) is 5.41. The molecule has 1 heterocycles. The van der Waals surface area contributed by atoms with Crippen molar-refractivity contribution in [2.45, 2.75) is 4.90 Å². The Bertz CT molecular complexity index is 719. The lowest BCUT2D eigenvalue weighted by molar-refractivity contribution is 0.104. The molecule has 104 valence electrons. The molecule has 0 saturated carbocycles. The zero-order valence-electron chi connectivity index (χ0n) is 11.7. The highest BCUT2D eigenvalue weighted by Gasteiger charge is 2.20. The van der Waals surface area contributed by atoms with E-state index in [2.05, 4.69) is 17.0 Å². The molecule has 0 bridgehead atoms. The van der Waals surface area contributed by atoms with Gasteiger partial charge >= 0.3 is 0 Å². The molecule has 21 heavy (non-hydrogen) atoms. The number of carbonyl (C=O) groups excluding carboxylic acids is 1. The van der Waals surface area contributed by atoms with Gasteiger partial charge in [-0.25, -0.2) is 0 Å². The Balaban J connectivity index is 1.73. The van der Waals surface area contributed by atoms with Crippen LogP contribution in [0.25, 0.3) is 0 Å². The monoisotopic (exact) mass is 293 g/mol. The number of anilines is 1. The Morgan fingerprint density at radius 1 is 1.05 bits per heavy atom. The van der Waals surface area contributed by atoms with Gasteiger partial charge in [-0.15, -0.1) is 0 Å². The second kappa shape index (κ2) is 6.02. The number of benzene rings is 2. The van der Waals surface area contributed by atoms with E-state index in [-0.39, 0.29) is 5.78 Å². The van der Waals surface area contributed by atoms with Crippen LogP contribution in [0.15, 0.2) is 82.7 Å². The van der Waals surface area contributed by atoms with E-state index in [0.717, 1.165) is 5.03 Å². The minimum atomic E-state index is 0.0237. The fourth-order valence-electron chi connectivity index (χ4n) is 2.18. The highest BCUT2D eigenvalue weighted by atomic mass is 32.2. The molecular formula is C18H15NOS. The average Bonchev–Trinajstić information content (AvgIpc) is 2.85. The van der Waals surface area contributed by atoms with Gasteiger partial charge in [0.1, 0.15) is 0 Å². The summed E-state index contributed by atoms with van der Waals surface area (Å²) in [5, 5.41) is 1.12. The third kappa shape index (κ3) is 2.93. The standard InChI is InChI=1S/C18H15NOS/c1-19-15-10-5-6-12-17(15)21-18(19)13-7-11-16(20)14-8-3-2-4-9-14/h2-13H,1H3/b11-7+,18-13-. The van der Waals surface area contributed by atoms with Crippen LogP contribution in [-0.2, 0) is 0 Å². The van der Waals surface area contributed by atoms with E-state index >= 15 is 0 Å². The third-order valence-electron chi connectivity index (χ3n) is 3.32. The van der Waals surface area contributed by atoms with Gasteiger partial charge in [0.05, 0.1) is 10.7 Å². The van der Waals surface area contributed by atoms with E-state index < -0.39 is 0 Å². The summed E-state index contributed by atoms with van der Waals surface area (Å²) in [6, 6.07) is 17.6.